The minimum atomic E-state index is 0.256. The maximum absolute atomic E-state index is 12.2. The van der Waals surface area contributed by atoms with Crippen molar-refractivity contribution >= 4 is 17.7 Å². The molecule has 2 heterocycles. The summed E-state index contributed by atoms with van der Waals surface area (Å²) in [6.07, 6.45) is 4.82. The first-order valence-electron chi connectivity index (χ1n) is 7.51. The largest absolute Gasteiger partial charge is 0.377 e. The third kappa shape index (κ3) is 4.97. The Morgan fingerprint density at radius 3 is 2.89 bits per heavy atom. The number of carbonyl (C=O) groups is 1. The summed E-state index contributed by atoms with van der Waals surface area (Å²) in [4.78, 5) is 14.2. The van der Waals surface area contributed by atoms with Gasteiger partial charge in [0.05, 0.1) is 11.9 Å². The summed E-state index contributed by atoms with van der Waals surface area (Å²) in [5, 5.41) is 4.02. The molecule has 2 rings (SSSR count). The molecule has 0 radical (unpaired) electrons. The molecule has 2 saturated heterocycles. The van der Waals surface area contributed by atoms with E-state index in [4.69, 9.17) is 4.74 Å². The van der Waals surface area contributed by atoms with E-state index in [1.165, 1.54) is 12.8 Å². The molecule has 1 amide bonds. The zero-order valence-electron chi connectivity index (χ0n) is 11.9. The predicted octanol–water partition coefficient (Wildman–Crippen LogP) is 1.50. The van der Waals surface area contributed by atoms with Gasteiger partial charge < -0.3 is 15.0 Å². The lowest BCUT2D eigenvalue weighted by molar-refractivity contribution is -0.132. The Morgan fingerprint density at radius 1 is 1.37 bits per heavy atom. The molecule has 2 aliphatic rings. The standard InChI is InChI=1S/C14H26N2O2S/c1-2-18-12-4-3-9-16(10-12)14(17)11-19-13-5-7-15-8-6-13/h12-13,15H,2-11H2,1H3. The fourth-order valence-electron chi connectivity index (χ4n) is 2.78. The van der Waals surface area contributed by atoms with E-state index in [2.05, 4.69) is 5.32 Å². The van der Waals surface area contributed by atoms with Crippen molar-refractivity contribution in [1.82, 2.24) is 10.2 Å². The Hall–Kier alpha value is -0.260. The summed E-state index contributed by atoms with van der Waals surface area (Å²) in [5.41, 5.74) is 0. The van der Waals surface area contributed by atoms with Crippen molar-refractivity contribution in [3.63, 3.8) is 0 Å². The monoisotopic (exact) mass is 286 g/mol. The van der Waals surface area contributed by atoms with Gasteiger partial charge in [0.15, 0.2) is 0 Å². The quantitative estimate of drug-likeness (QED) is 0.831. The number of hydrogen-bond acceptors (Lipinski definition) is 4. The van der Waals surface area contributed by atoms with E-state index < -0.39 is 0 Å². The van der Waals surface area contributed by atoms with Gasteiger partial charge in [0.25, 0.3) is 0 Å². The second kappa shape index (κ2) is 8.12. The van der Waals surface area contributed by atoms with Crippen LogP contribution in [0.3, 0.4) is 0 Å². The van der Waals surface area contributed by atoms with Crippen molar-refractivity contribution < 1.29 is 9.53 Å². The van der Waals surface area contributed by atoms with Gasteiger partial charge in [0.1, 0.15) is 0 Å². The molecule has 0 saturated carbocycles. The number of carbonyl (C=O) groups excluding carboxylic acids is 1. The van der Waals surface area contributed by atoms with Crippen molar-refractivity contribution in [2.24, 2.45) is 0 Å². The number of ether oxygens (including phenoxy) is 1. The molecule has 0 aromatic heterocycles. The molecule has 2 fully saturated rings. The van der Waals surface area contributed by atoms with E-state index in [0.717, 1.165) is 45.6 Å². The highest BCUT2D eigenvalue weighted by Gasteiger charge is 2.24. The molecule has 0 aromatic rings. The number of nitrogens with zero attached hydrogens (tertiary/aromatic N) is 1. The van der Waals surface area contributed by atoms with Gasteiger partial charge in [-0.05, 0) is 45.7 Å². The van der Waals surface area contributed by atoms with Crippen LogP contribution >= 0.6 is 11.8 Å². The summed E-state index contributed by atoms with van der Waals surface area (Å²) >= 11 is 1.84. The maximum Gasteiger partial charge on any atom is 0.232 e. The Kier molecular flexibility index (Phi) is 6.47. The molecule has 1 unspecified atom stereocenters. The SMILES string of the molecule is CCOC1CCCN(C(=O)CSC2CCNCC2)C1. The van der Waals surface area contributed by atoms with Crippen molar-refractivity contribution in [1.29, 1.82) is 0 Å². The van der Waals surface area contributed by atoms with Crippen LogP contribution in [-0.4, -0.2) is 60.7 Å². The third-order valence-electron chi connectivity index (χ3n) is 3.86. The molecule has 19 heavy (non-hydrogen) atoms. The van der Waals surface area contributed by atoms with E-state index >= 15 is 0 Å². The zero-order valence-corrected chi connectivity index (χ0v) is 12.7. The molecule has 5 heteroatoms. The number of piperidine rings is 2. The van der Waals surface area contributed by atoms with Gasteiger partial charge in [0, 0.05) is 24.9 Å². The number of nitrogens with one attached hydrogen (secondary N) is 1. The molecule has 0 spiro atoms. The highest BCUT2D eigenvalue weighted by atomic mass is 32.2. The molecule has 4 nitrogen and oxygen atoms in total. The minimum absolute atomic E-state index is 0.256. The summed E-state index contributed by atoms with van der Waals surface area (Å²) in [6.45, 7) is 6.67. The second-order valence-electron chi connectivity index (χ2n) is 5.32. The van der Waals surface area contributed by atoms with Crippen LogP contribution < -0.4 is 5.32 Å². The molecule has 0 bridgehead atoms. The number of rotatable bonds is 5. The smallest absolute Gasteiger partial charge is 0.232 e. The molecule has 1 atom stereocenters. The first-order chi connectivity index (χ1) is 9.29. The van der Waals surface area contributed by atoms with Gasteiger partial charge >= 0.3 is 0 Å². The van der Waals surface area contributed by atoms with Crippen molar-refractivity contribution in [2.45, 2.75) is 44.0 Å². The molecule has 2 aliphatic heterocycles. The van der Waals surface area contributed by atoms with Gasteiger partial charge in [-0.2, -0.15) is 0 Å². The summed E-state index contributed by atoms with van der Waals surface area (Å²) in [7, 11) is 0. The van der Waals surface area contributed by atoms with Crippen molar-refractivity contribution in [3.05, 3.63) is 0 Å². The summed E-state index contributed by atoms with van der Waals surface area (Å²) in [5.74, 6) is 0.941. The van der Waals surface area contributed by atoms with Gasteiger partial charge in [-0.15, -0.1) is 11.8 Å². The van der Waals surface area contributed by atoms with Crippen LogP contribution in [0.2, 0.25) is 0 Å². The van der Waals surface area contributed by atoms with Crippen LogP contribution in [-0.2, 0) is 9.53 Å². The van der Waals surface area contributed by atoms with Crippen LogP contribution in [0, 0.1) is 0 Å². The zero-order chi connectivity index (χ0) is 13.5. The molecule has 0 aliphatic carbocycles. The molecular weight excluding hydrogens is 260 g/mol. The van der Waals surface area contributed by atoms with E-state index in [1.807, 2.05) is 23.6 Å². The maximum atomic E-state index is 12.2. The second-order valence-corrected chi connectivity index (χ2v) is 6.61. The first kappa shape index (κ1) is 15.1. The van der Waals surface area contributed by atoms with Crippen LogP contribution in [0.5, 0.6) is 0 Å². The average Bonchev–Trinajstić information content (AvgIpc) is 2.46. The molecule has 0 aromatic carbocycles. The number of likely N-dealkylation sites (tertiary alicyclic amines) is 1. The number of hydrogen-bond donors (Lipinski definition) is 1. The highest BCUT2D eigenvalue weighted by molar-refractivity contribution is 8.00. The normalized spacial score (nSPS) is 25.5. The van der Waals surface area contributed by atoms with Gasteiger partial charge in [-0.25, -0.2) is 0 Å². The average molecular weight is 286 g/mol. The van der Waals surface area contributed by atoms with Crippen LogP contribution in [0.25, 0.3) is 0 Å². The lowest BCUT2D eigenvalue weighted by atomic mass is 10.1. The predicted molar refractivity (Wildman–Crippen MR) is 79.6 cm³/mol. The van der Waals surface area contributed by atoms with Crippen LogP contribution in [0.15, 0.2) is 0 Å². The minimum Gasteiger partial charge on any atom is -0.377 e. The summed E-state index contributed by atoms with van der Waals surface area (Å²) < 4.78 is 5.65. The topological polar surface area (TPSA) is 41.6 Å². The first-order valence-corrected chi connectivity index (χ1v) is 8.56. The fourth-order valence-corrected chi connectivity index (χ4v) is 3.91. The summed E-state index contributed by atoms with van der Waals surface area (Å²) in [6, 6.07) is 0. The van der Waals surface area contributed by atoms with Gasteiger partial charge in [-0.1, -0.05) is 0 Å². The van der Waals surface area contributed by atoms with Gasteiger partial charge in [0.2, 0.25) is 5.91 Å². The Balaban J connectivity index is 1.69. The fraction of sp³-hybridized carbons (Fsp3) is 0.929. The lowest BCUT2D eigenvalue weighted by Gasteiger charge is -2.33. The Morgan fingerprint density at radius 2 is 2.16 bits per heavy atom. The van der Waals surface area contributed by atoms with Crippen molar-refractivity contribution in [3.8, 4) is 0 Å². The Bertz CT molecular complexity index is 281. The molecule has 1 N–H and O–H groups in total. The highest BCUT2D eigenvalue weighted by Crippen LogP contribution is 2.21. The van der Waals surface area contributed by atoms with E-state index in [9.17, 15) is 4.79 Å². The third-order valence-corrected chi connectivity index (χ3v) is 5.22. The van der Waals surface area contributed by atoms with Crippen LogP contribution in [0.4, 0.5) is 0 Å². The van der Waals surface area contributed by atoms with Gasteiger partial charge in [-0.3, -0.25) is 4.79 Å². The number of thioether (sulfide) groups is 1. The van der Waals surface area contributed by atoms with E-state index in [0.29, 0.717) is 16.9 Å². The molecule has 110 valence electrons. The van der Waals surface area contributed by atoms with E-state index in [1.54, 1.807) is 0 Å². The Labute approximate surface area is 120 Å². The lowest BCUT2D eigenvalue weighted by Crippen LogP contribution is -2.44. The van der Waals surface area contributed by atoms with Crippen LogP contribution in [0.1, 0.15) is 32.6 Å². The van der Waals surface area contributed by atoms with E-state index in [-0.39, 0.29) is 6.10 Å². The molecular formula is C14H26N2O2S. The number of amides is 1. The van der Waals surface area contributed by atoms with Crippen molar-refractivity contribution in [2.75, 3.05) is 38.5 Å².